The second kappa shape index (κ2) is 8.61. The van der Waals surface area contributed by atoms with Gasteiger partial charge in [0.15, 0.2) is 0 Å². The molecule has 2 aliphatic rings. The van der Waals surface area contributed by atoms with Crippen LogP contribution in [0.4, 0.5) is 5.69 Å². The van der Waals surface area contributed by atoms with Gasteiger partial charge < -0.3 is 14.5 Å². The highest BCUT2D eigenvalue weighted by Gasteiger charge is 2.31. The van der Waals surface area contributed by atoms with Crippen LogP contribution in [-0.4, -0.2) is 76.0 Å². The van der Waals surface area contributed by atoms with Crippen LogP contribution in [-0.2, 0) is 14.8 Å². The van der Waals surface area contributed by atoms with Gasteiger partial charge in [-0.1, -0.05) is 17.7 Å². The van der Waals surface area contributed by atoms with Gasteiger partial charge in [0.05, 0.1) is 18.8 Å². The molecule has 1 aromatic carbocycles. The number of carbonyl (C=O) groups excluding carboxylic acids is 1. The fraction of sp³-hybridized carbons (Fsp3) is 0.421. The summed E-state index contributed by atoms with van der Waals surface area (Å²) in [6, 6.07) is 9.06. The summed E-state index contributed by atoms with van der Waals surface area (Å²) in [6.45, 7) is 4.04. The van der Waals surface area contributed by atoms with E-state index in [0.29, 0.717) is 63.1 Å². The van der Waals surface area contributed by atoms with Gasteiger partial charge in [-0.15, -0.1) is 11.3 Å². The molecule has 7 nitrogen and oxygen atoms in total. The molecule has 3 heterocycles. The normalized spacial score (nSPS) is 18.8. The largest absolute Gasteiger partial charge is 0.378 e. The quantitative estimate of drug-likeness (QED) is 0.708. The summed E-state index contributed by atoms with van der Waals surface area (Å²) in [5, 5.41) is 2.29. The van der Waals surface area contributed by atoms with Gasteiger partial charge in [0.1, 0.15) is 4.21 Å². The monoisotopic (exact) mass is 455 g/mol. The molecule has 4 rings (SSSR count). The number of amides is 1. The molecule has 0 unspecified atom stereocenters. The third kappa shape index (κ3) is 4.44. The second-order valence-corrected chi connectivity index (χ2v) is 10.4. The van der Waals surface area contributed by atoms with Gasteiger partial charge in [-0.2, -0.15) is 4.31 Å². The van der Waals surface area contributed by atoms with Crippen molar-refractivity contribution in [2.24, 2.45) is 0 Å². The van der Waals surface area contributed by atoms with Crippen LogP contribution >= 0.6 is 22.9 Å². The molecule has 156 valence electrons. The number of morpholine rings is 1. The number of ether oxygens (including phenoxy) is 1. The van der Waals surface area contributed by atoms with Crippen molar-refractivity contribution in [3.8, 4) is 0 Å². The Balaban J connectivity index is 1.43. The van der Waals surface area contributed by atoms with E-state index in [1.54, 1.807) is 10.3 Å². The van der Waals surface area contributed by atoms with Crippen LogP contribution < -0.4 is 4.90 Å². The molecule has 0 aliphatic carbocycles. The molecular weight excluding hydrogens is 434 g/mol. The van der Waals surface area contributed by atoms with E-state index in [1.807, 2.05) is 24.3 Å². The summed E-state index contributed by atoms with van der Waals surface area (Å²) in [7, 11) is -3.62. The van der Waals surface area contributed by atoms with Gasteiger partial charge in [0.25, 0.3) is 15.9 Å². The average molecular weight is 456 g/mol. The maximum atomic E-state index is 13.0. The van der Waals surface area contributed by atoms with Crippen molar-refractivity contribution in [3.05, 3.63) is 46.3 Å². The first-order valence-corrected chi connectivity index (χ1v) is 12.1. The molecule has 2 saturated heterocycles. The lowest BCUT2D eigenvalue weighted by Crippen LogP contribution is -2.48. The summed E-state index contributed by atoms with van der Waals surface area (Å²) < 4.78 is 33.1. The molecule has 1 amide bonds. The van der Waals surface area contributed by atoms with Crippen LogP contribution in [0.15, 0.2) is 39.9 Å². The minimum absolute atomic E-state index is 0.142. The van der Waals surface area contributed by atoms with Gasteiger partial charge >= 0.3 is 0 Å². The van der Waals surface area contributed by atoms with Crippen molar-refractivity contribution < 1.29 is 17.9 Å². The third-order valence-electron chi connectivity index (χ3n) is 5.13. The molecule has 0 radical (unpaired) electrons. The highest BCUT2D eigenvalue weighted by Crippen LogP contribution is 2.27. The lowest BCUT2D eigenvalue weighted by atomic mass is 10.2. The Morgan fingerprint density at radius 3 is 2.45 bits per heavy atom. The highest BCUT2D eigenvalue weighted by molar-refractivity contribution is 7.91. The zero-order valence-corrected chi connectivity index (χ0v) is 18.2. The van der Waals surface area contributed by atoms with Gasteiger partial charge in [0, 0.05) is 55.4 Å². The lowest BCUT2D eigenvalue weighted by molar-refractivity contribution is 0.0303. The van der Waals surface area contributed by atoms with Crippen LogP contribution in [0.5, 0.6) is 0 Å². The van der Waals surface area contributed by atoms with E-state index in [0.717, 1.165) is 17.0 Å². The summed E-state index contributed by atoms with van der Waals surface area (Å²) in [4.78, 5) is 16.4. The number of halogens is 1. The molecule has 0 bridgehead atoms. The van der Waals surface area contributed by atoms with E-state index in [9.17, 15) is 13.2 Å². The minimum atomic E-state index is -3.62. The van der Waals surface area contributed by atoms with E-state index >= 15 is 0 Å². The first-order valence-electron chi connectivity index (χ1n) is 9.41. The minimum Gasteiger partial charge on any atom is -0.378 e. The van der Waals surface area contributed by atoms with E-state index in [2.05, 4.69) is 4.90 Å². The fourth-order valence-electron chi connectivity index (χ4n) is 3.50. The maximum absolute atomic E-state index is 13.0. The van der Waals surface area contributed by atoms with Crippen LogP contribution in [0.3, 0.4) is 0 Å². The van der Waals surface area contributed by atoms with Crippen molar-refractivity contribution in [2.75, 3.05) is 57.4 Å². The summed E-state index contributed by atoms with van der Waals surface area (Å²) in [5.74, 6) is -0.142. The maximum Gasteiger partial charge on any atom is 0.254 e. The van der Waals surface area contributed by atoms with Crippen molar-refractivity contribution in [3.63, 3.8) is 0 Å². The molecule has 2 fully saturated rings. The molecular formula is C19H22ClN3O4S2. The second-order valence-electron chi connectivity index (χ2n) is 6.93. The molecule has 29 heavy (non-hydrogen) atoms. The zero-order chi connectivity index (χ0) is 20.4. The van der Waals surface area contributed by atoms with Crippen molar-refractivity contribution in [2.45, 2.75) is 4.21 Å². The fourth-order valence-corrected chi connectivity index (χ4v) is 6.41. The number of anilines is 1. The molecule has 2 aliphatic heterocycles. The number of carbonyl (C=O) groups is 1. The lowest BCUT2D eigenvalue weighted by Gasteiger charge is -2.35. The number of thiophene rings is 1. The predicted octanol–water partition coefficient (Wildman–Crippen LogP) is 2.38. The molecule has 2 aromatic rings. The summed E-state index contributed by atoms with van der Waals surface area (Å²) >= 11 is 7.16. The van der Waals surface area contributed by atoms with E-state index in [-0.39, 0.29) is 10.1 Å². The van der Waals surface area contributed by atoms with Gasteiger partial charge in [0.2, 0.25) is 0 Å². The number of piperazine rings is 1. The molecule has 0 spiro atoms. The Hall–Kier alpha value is -1.65. The Kier molecular flexibility index (Phi) is 6.12. The first-order chi connectivity index (χ1) is 13.9. The molecule has 0 saturated carbocycles. The molecule has 1 aromatic heterocycles. The van der Waals surface area contributed by atoms with E-state index in [4.69, 9.17) is 16.3 Å². The topological polar surface area (TPSA) is 70.2 Å². The SMILES string of the molecule is O=C(c1csc(S(=O)(=O)N2CCN(c3cccc(Cl)c3)CC2)c1)N1CCOCC1. The Morgan fingerprint density at radius 2 is 1.76 bits per heavy atom. The number of nitrogens with zero attached hydrogens (tertiary/aromatic N) is 3. The Labute approximate surface area is 179 Å². The summed E-state index contributed by atoms with van der Waals surface area (Å²) in [6.07, 6.45) is 0. The molecule has 0 N–H and O–H groups in total. The van der Waals surface area contributed by atoms with Crippen molar-refractivity contribution in [1.82, 2.24) is 9.21 Å². The van der Waals surface area contributed by atoms with E-state index < -0.39 is 10.0 Å². The number of rotatable bonds is 4. The Morgan fingerprint density at radius 1 is 1.03 bits per heavy atom. The molecule has 10 heteroatoms. The molecule has 0 atom stereocenters. The van der Waals surface area contributed by atoms with E-state index in [1.165, 1.54) is 10.4 Å². The average Bonchev–Trinajstić information content (AvgIpc) is 3.25. The number of benzene rings is 1. The standard InChI is InChI=1S/C19H22ClN3O4S2/c20-16-2-1-3-17(13-16)21-4-6-23(7-5-21)29(25,26)18-12-15(14-28-18)19(24)22-8-10-27-11-9-22/h1-3,12-14H,4-11H2. The smallest absolute Gasteiger partial charge is 0.254 e. The van der Waals surface area contributed by atoms with Gasteiger partial charge in [-0.25, -0.2) is 8.42 Å². The number of hydrogen-bond donors (Lipinski definition) is 0. The van der Waals surface area contributed by atoms with Crippen molar-refractivity contribution in [1.29, 1.82) is 0 Å². The Bertz CT molecular complexity index is 981. The number of sulfonamides is 1. The van der Waals surface area contributed by atoms with Gasteiger partial charge in [-0.05, 0) is 24.3 Å². The zero-order valence-electron chi connectivity index (χ0n) is 15.8. The third-order valence-corrected chi connectivity index (χ3v) is 8.68. The van der Waals surface area contributed by atoms with Gasteiger partial charge in [-0.3, -0.25) is 4.79 Å². The predicted molar refractivity (Wildman–Crippen MR) is 113 cm³/mol. The highest BCUT2D eigenvalue weighted by atomic mass is 35.5. The van der Waals surface area contributed by atoms with Crippen LogP contribution in [0.1, 0.15) is 10.4 Å². The van der Waals surface area contributed by atoms with Crippen LogP contribution in [0.25, 0.3) is 0 Å². The summed E-state index contributed by atoms with van der Waals surface area (Å²) in [5.41, 5.74) is 1.41. The first kappa shape index (κ1) is 20.6. The van der Waals surface area contributed by atoms with Crippen LogP contribution in [0.2, 0.25) is 5.02 Å². The van der Waals surface area contributed by atoms with Crippen LogP contribution in [0, 0.1) is 0 Å². The number of hydrogen-bond acceptors (Lipinski definition) is 6. The van der Waals surface area contributed by atoms with Crippen molar-refractivity contribution >= 4 is 44.6 Å².